The molecule has 0 aliphatic heterocycles. The van der Waals surface area contributed by atoms with Gasteiger partial charge in [0.1, 0.15) is 0 Å². The maximum Gasteiger partial charge on any atom is 0.330 e. The zero-order chi connectivity index (χ0) is 25.1. The molecule has 192 valence electrons. The van der Waals surface area contributed by atoms with Gasteiger partial charge in [0.2, 0.25) is 0 Å². The van der Waals surface area contributed by atoms with Crippen LogP contribution in [0.3, 0.4) is 0 Å². The molecule has 0 saturated carbocycles. The highest BCUT2D eigenvalue weighted by Crippen LogP contribution is 2.10. The van der Waals surface area contributed by atoms with Crippen molar-refractivity contribution in [3.63, 3.8) is 0 Å². The van der Waals surface area contributed by atoms with Crippen LogP contribution in [0.1, 0.15) is 109 Å². The van der Waals surface area contributed by atoms with Crippen molar-refractivity contribution in [2.45, 2.75) is 104 Å². The van der Waals surface area contributed by atoms with Gasteiger partial charge in [0, 0.05) is 12.5 Å². The average molecular weight is 473 g/mol. The van der Waals surface area contributed by atoms with Crippen molar-refractivity contribution in [2.75, 3.05) is 13.7 Å². The first-order chi connectivity index (χ1) is 16.6. The lowest BCUT2D eigenvalue weighted by Gasteiger charge is -2.01. The Morgan fingerprint density at radius 1 is 0.765 bits per heavy atom. The van der Waals surface area contributed by atoms with Crippen molar-refractivity contribution in [2.24, 2.45) is 0 Å². The summed E-state index contributed by atoms with van der Waals surface area (Å²) in [6, 6.07) is 9.59. The fourth-order valence-electron chi connectivity index (χ4n) is 3.37. The number of benzene rings is 1. The van der Waals surface area contributed by atoms with E-state index >= 15 is 0 Å². The van der Waals surface area contributed by atoms with Crippen LogP contribution >= 0.6 is 0 Å². The molecule has 4 heteroatoms. The van der Waals surface area contributed by atoms with Gasteiger partial charge in [-0.15, -0.1) is 0 Å². The molecule has 0 amide bonds. The van der Waals surface area contributed by atoms with Crippen molar-refractivity contribution in [1.29, 1.82) is 0 Å². The molecule has 0 radical (unpaired) electrons. The maximum atomic E-state index is 11.1. The molecule has 0 bridgehead atoms. The molecule has 0 unspecified atom stereocenters. The van der Waals surface area contributed by atoms with Gasteiger partial charge in [-0.3, -0.25) is 4.79 Å². The Balaban J connectivity index is 0.000000757. The van der Waals surface area contributed by atoms with Crippen molar-refractivity contribution < 1.29 is 19.1 Å². The van der Waals surface area contributed by atoms with Gasteiger partial charge in [0.05, 0.1) is 13.7 Å². The molecule has 1 aromatic carbocycles. The lowest BCUT2D eigenvalue weighted by atomic mass is 10.1. The molecule has 0 aliphatic carbocycles. The Kier molecular flexibility index (Phi) is 23.5. The summed E-state index contributed by atoms with van der Waals surface area (Å²) in [4.78, 5) is 21.8. The van der Waals surface area contributed by atoms with E-state index in [0.717, 1.165) is 18.4 Å². The summed E-state index contributed by atoms with van der Waals surface area (Å²) in [5, 5.41) is 0. The Bertz CT molecular complexity index is 649. The summed E-state index contributed by atoms with van der Waals surface area (Å²) in [7, 11) is 1.36. The molecule has 34 heavy (non-hydrogen) atoms. The summed E-state index contributed by atoms with van der Waals surface area (Å²) in [5.41, 5.74) is 0.989. The summed E-state index contributed by atoms with van der Waals surface area (Å²) in [6.07, 6.45) is 25.1. The summed E-state index contributed by atoms with van der Waals surface area (Å²) in [6.45, 7) is 4.63. The molecule has 0 N–H and O–H groups in total. The number of hydrogen-bond acceptors (Lipinski definition) is 4. The van der Waals surface area contributed by atoms with Crippen LogP contribution in [0.4, 0.5) is 0 Å². The Morgan fingerprint density at radius 3 is 1.88 bits per heavy atom. The third-order valence-corrected chi connectivity index (χ3v) is 5.36. The second-order valence-electron chi connectivity index (χ2n) is 8.41. The number of allylic oxidation sites excluding steroid dienone is 2. The van der Waals surface area contributed by atoms with Crippen LogP contribution < -0.4 is 0 Å². The van der Waals surface area contributed by atoms with Gasteiger partial charge in [-0.2, -0.15) is 0 Å². The fraction of sp³-hybridized carbons (Fsp3) is 0.600. The van der Waals surface area contributed by atoms with E-state index in [1.165, 1.54) is 83.8 Å². The highest BCUT2D eigenvalue weighted by Gasteiger charge is 2.00. The van der Waals surface area contributed by atoms with Crippen molar-refractivity contribution in [3.05, 3.63) is 54.1 Å². The number of esters is 2. The first-order valence-electron chi connectivity index (χ1n) is 13.3. The first kappa shape index (κ1) is 31.6. The number of rotatable bonds is 18. The molecule has 1 aromatic rings. The monoisotopic (exact) mass is 472 g/mol. The third kappa shape index (κ3) is 22.8. The average Bonchev–Trinajstić information content (AvgIpc) is 2.86. The number of carbonyl (C=O) groups is 2. The quantitative estimate of drug-likeness (QED) is 0.0930. The van der Waals surface area contributed by atoms with E-state index in [0.29, 0.717) is 13.0 Å². The molecule has 0 heterocycles. The Hall–Kier alpha value is -2.36. The molecule has 0 atom stereocenters. The van der Waals surface area contributed by atoms with Crippen LogP contribution in [-0.2, 0) is 19.1 Å². The zero-order valence-electron chi connectivity index (χ0n) is 21.9. The third-order valence-electron chi connectivity index (χ3n) is 5.36. The number of hydrogen-bond donors (Lipinski definition) is 0. The SMILES string of the molecule is CCCCCCCC/C=C\CCCCCCCC(=O)OCC.COC(=O)/C=C/c1ccccc1. The highest BCUT2D eigenvalue weighted by molar-refractivity contribution is 5.86. The van der Waals surface area contributed by atoms with E-state index in [-0.39, 0.29) is 11.9 Å². The molecular weight excluding hydrogens is 424 g/mol. The van der Waals surface area contributed by atoms with Crippen LogP contribution in [0.5, 0.6) is 0 Å². The van der Waals surface area contributed by atoms with Gasteiger partial charge in [-0.25, -0.2) is 4.79 Å². The van der Waals surface area contributed by atoms with Gasteiger partial charge >= 0.3 is 11.9 Å². The second-order valence-corrected chi connectivity index (χ2v) is 8.41. The van der Waals surface area contributed by atoms with Gasteiger partial charge in [-0.05, 0) is 50.7 Å². The van der Waals surface area contributed by atoms with E-state index < -0.39 is 0 Å². The molecule has 0 spiro atoms. The largest absolute Gasteiger partial charge is 0.466 e. The lowest BCUT2D eigenvalue weighted by molar-refractivity contribution is -0.143. The smallest absolute Gasteiger partial charge is 0.330 e. The van der Waals surface area contributed by atoms with Crippen LogP contribution in [0, 0.1) is 0 Å². The summed E-state index contributed by atoms with van der Waals surface area (Å²) in [5.74, 6) is -0.376. The maximum absolute atomic E-state index is 11.1. The van der Waals surface area contributed by atoms with E-state index in [4.69, 9.17) is 4.74 Å². The highest BCUT2D eigenvalue weighted by atomic mass is 16.5. The van der Waals surface area contributed by atoms with Crippen LogP contribution in [0.2, 0.25) is 0 Å². The number of methoxy groups -OCH3 is 1. The minimum atomic E-state index is -0.334. The normalized spacial score (nSPS) is 10.8. The predicted octanol–water partition coefficient (Wildman–Crippen LogP) is 8.46. The Morgan fingerprint density at radius 2 is 1.32 bits per heavy atom. The molecule has 0 aromatic heterocycles. The standard InChI is InChI=1S/C20H38O2.C10H10O2/c1-3-5-6-7-8-9-10-11-12-13-14-15-16-17-18-19-20(21)22-4-2;1-12-10(11)8-7-9-5-3-2-4-6-9/h11-12H,3-10,13-19H2,1-2H3;2-8H,1H3/b12-11-;8-7+. The van der Waals surface area contributed by atoms with E-state index in [1.54, 1.807) is 6.08 Å². The van der Waals surface area contributed by atoms with Crippen LogP contribution in [0.15, 0.2) is 48.6 Å². The topological polar surface area (TPSA) is 52.6 Å². The first-order valence-corrected chi connectivity index (χ1v) is 13.3. The van der Waals surface area contributed by atoms with Gasteiger partial charge in [0.15, 0.2) is 0 Å². The van der Waals surface area contributed by atoms with E-state index in [9.17, 15) is 9.59 Å². The van der Waals surface area contributed by atoms with Gasteiger partial charge in [0.25, 0.3) is 0 Å². The molecular formula is C30H48O4. The molecule has 4 nitrogen and oxygen atoms in total. The lowest BCUT2D eigenvalue weighted by Crippen LogP contribution is -2.03. The molecule has 1 rings (SSSR count). The van der Waals surface area contributed by atoms with Gasteiger partial charge in [-0.1, -0.05) is 101 Å². The Labute approximate surface area is 208 Å². The fourth-order valence-corrected chi connectivity index (χ4v) is 3.37. The number of carbonyl (C=O) groups excluding carboxylic acids is 2. The molecule has 0 aliphatic rings. The predicted molar refractivity (Wildman–Crippen MR) is 144 cm³/mol. The van der Waals surface area contributed by atoms with E-state index in [1.807, 2.05) is 37.3 Å². The number of ether oxygens (including phenoxy) is 2. The van der Waals surface area contributed by atoms with Crippen LogP contribution in [0.25, 0.3) is 6.08 Å². The van der Waals surface area contributed by atoms with Gasteiger partial charge < -0.3 is 9.47 Å². The van der Waals surface area contributed by atoms with Crippen molar-refractivity contribution in [1.82, 2.24) is 0 Å². The minimum Gasteiger partial charge on any atom is -0.466 e. The summed E-state index contributed by atoms with van der Waals surface area (Å²) < 4.78 is 9.36. The van der Waals surface area contributed by atoms with Crippen molar-refractivity contribution >= 4 is 18.0 Å². The summed E-state index contributed by atoms with van der Waals surface area (Å²) >= 11 is 0. The number of unbranched alkanes of at least 4 members (excludes halogenated alkanes) is 11. The van der Waals surface area contributed by atoms with Crippen molar-refractivity contribution in [3.8, 4) is 0 Å². The van der Waals surface area contributed by atoms with Crippen LogP contribution in [-0.4, -0.2) is 25.7 Å². The second kappa shape index (κ2) is 25.3. The molecule has 0 saturated heterocycles. The minimum absolute atomic E-state index is 0.0415. The molecule has 0 fully saturated rings. The zero-order valence-corrected chi connectivity index (χ0v) is 21.9. The van der Waals surface area contributed by atoms with E-state index in [2.05, 4.69) is 23.8 Å².